The van der Waals surface area contributed by atoms with Crippen molar-refractivity contribution in [2.45, 2.75) is 13.8 Å². The van der Waals surface area contributed by atoms with Crippen LogP contribution < -0.4 is 4.90 Å². The van der Waals surface area contributed by atoms with Gasteiger partial charge in [-0.25, -0.2) is 9.97 Å². The molecule has 1 aromatic heterocycles. The average Bonchev–Trinajstić information content (AvgIpc) is 2.00. The summed E-state index contributed by atoms with van der Waals surface area (Å²) in [5.41, 5.74) is 2.00. The summed E-state index contributed by atoms with van der Waals surface area (Å²) in [4.78, 5) is 10.8. The molecule has 0 radical (unpaired) electrons. The number of anilines is 1. The highest BCUT2D eigenvalue weighted by molar-refractivity contribution is 5.35. The Labute approximate surface area is 83.6 Å². The largest absolute Gasteiger partial charge is 0.396 e. The van der Waals surface area contributed by atoms with Gasteiger partial charge in [0.2, 0.25) is 5.95 Å². The van der Waals surface area contributed by atoms with E-state index in [4.69, 9.17) is 5.11 Å². The third kappa shape index (κ3) is 1.70. The molecule has 1 aliphatic heterocycles. The number of nitrogens with zero attached hydrogens (tertiary/aromatic N) is 3. The van der Waals surface area contributed by atoms with Gasteiger partial charge in [0.05, 0.1) is 0 Å². The molecule has 0 bridgehead atoms. The van der Waals surface area contributed by atoms with Gasteiger partial charge in [-0.15, -0.1) is 0 Å². The van der Waals surface area contributed by atoms with E-state index >= 15 is 0 Å². The SMILES string of the molecule is Cc1cc(C)nc(N2CC(CO)C2)n1. The van der Waals surface area contributed by atoms with Crippen LogP contribution in [0.4, 0.5) is 5.95 Å². The van der Waals surface area contributed by atoms with Crippen LogP contribution in [-0.4, -0.2) is 34.8 Å². The monoisotopic (exact) mass is 193 g/mol. The Morgan fingerprint density at radius 2 is 1.93 bits per heavy atom. The molecule has 2 rings (SSSR count). The molecule has 0 saturated carbocycles. The summed E-state index contributed by atoms with van der Waals surface area (Å²) in [5.74, 6) is 1.20. The van der Waals surface area contributed by atoms with Crippen molar-refractivity contribution in [3.05, 3.63) is 17.5 Å². The van der Waals surface area contributed by atoms with E-state index in [-0.39, 0.29) is 6.61 Å². The van der Waals surface area contributed by atoms with E-state index < -0.39 is 0 Å². The second kappa shape index (κ2) is 3.53. The van der Waals surface area contributed by atoms with Crippen molar-refractivity contribution < 1.29 is 5.11 Å². The first-order valence-corrected chi connectivity index (χ1v) is 4.87. The van der Waals surface area contributed by atoms with Crippen LogP contribution in [0.3, 0.4) is 0 Å². The first-order valence-electron chi connectivity index (χ1n) is 4.87. The number of rotatable bonds is 2. The number of hydrogen-bond donors (Lipinski definition) is 1. The van der Waals surface area contributed by atoms with Crippen LogP contribution in [0.1, 0.15) is 11.4 Å². The Balaban J connectivity index is 2.10. The minimum absolute atomic E-state index is 0.265. The molecule has 1 saturated heterocycles. The van der Waals surface area contributed by atoms with Gasteiger partial charge < -0.3 is 10.0 Å². The molecular weight excluding hydrogens is 178 g/mol. The number of aliphatic hydroxyl groups excluding tert-OH is 1. The molecular formula is C10H15N3O. The van der Waals surface area contributed by atoms with Crippen LogP contribution >= 0.6 is 0 Å². The highest BCUT2D eigenvalue weighted by Gasteiger charge is 2.27. The van der Waals surface area contributed by atoms with Crippen molar-refractivity contribution in [2.24, 2.45) is 5.92 Å². The fourth-order valence-electron chi connectivity index (χ4n) is 1.70. The van der Waals surface area contributed by atoms with Crippen LogP contribution in [0.15, 0.2) is 6.07 Å². The Hall–Kier alpha value is -1.16. The number of aliphatic hydroxyl groups is 1. The van der Waals surface area contributed by atoms with Gasteiger partial charge in [0.15, 0.2) is 0 Å². The lowest BCUT2D eigenvalue weighted by Gasteiger charge is -2.38. The molecule has 0 spiro atoms. The molecule has 0 atom stereocenters. The second-order valence-corrected chi connectivity index (χ2v) is 3.90. The summed E-state index contributed by atoms with van der Waals surface area (Å²) >= 11 is 0. The molecule has 1 N–H and O–H groups in total. The van der Waals surface area contributed by atoms with E-state index in [9.17, 15) is 0 Å². The van der Waals surface area contributed by atoms with Gasteiger partial charge in [-0.1, -0.05) is 0 Å². The quantitative estimate of drug-likeness (QED) is 0.744. The molecule has 0 aliphatic carbocycles. The van der Waals surface area contributed by atoms with Crippen LogP contribution in [0, 0.1) is 19.8 Å². The van der Waals surface area contributed by atoms with Crippen LogP contribution in [0.2, 0.25) is 0 Å². The minimum Gasteiger partial charge on any atom is -0.396 e. The highest BCUT2D eigenvalue weighted by atomic mass is 16.3. The summed E-state index contributed by atoms with van der Waals surface area (Å²) in [6.07, 6.45) is 0. The third-order valence-electron chi connectivity index (χ3n) is 2.47. The van der Waals surface area contributed by atoms with Crippen molar-refractivity contribution in [3.63, 3.8) is 0 Å². The molecule has 14 heavy (non-hydrogen) atoms. The zero-order chi connectivity index (χ0) is 10.1. The Morgan fingerprint density at radius 3 is 2.43 bits per heavy atom. The molecule has 1 aliphatic rings. The summed E-state index contributed by atoms with van der Waals surface area (Å²) < 4.78 is 0. The fraction of sp³-hybridized carbons (Fsp3) is 0.600. The van der Waals surface area contributed by atoms with E-state index in [2.05, 4.69) is 14.9 Å². The van der Waals surface area contributed by atoms with E-state index in [0.29, 0.717) is 5.92 Å². The second-order valence-electron chi connectivity index (χ2n) is 3.90. The molecule has 76 valence electrons. The number of aromatic nitrogens is 2. The smallest absolute Gasteiger partial charge is 0.225 e. The van der Waals surface area contributed by atoms with Gasteiger partial charge in [0.25, 0.3) is 0 Å². The van der Waals surface area contributed by atoms with Crippen molar-refractivity contribution in [1.82, 2.24) is 9.97 Å². The lowest BCUT2D eigenvalue weighted by molar-refractivity contribution is 0.199. The van der Waals surface area contributed by atoms with Crippen molar-refractivity contribution in [2.75, 3.05) is 24.6 Å². The molecule has 0 aromatic carbocycles. The minimum atomic E-state index is 0.265. The van der Waals surface area contributed by atoms with Gasteiger partial charge >= 0.3 is 0 Å². The third-order valence-corrected chi connectivity index (χ3v) is 2.47. The fourth-order valence-corrected chi connectivity index (χ4v) is 1.70. The zero-order valence-electron chi connectivity index (χ0n) is 8.56. The molecule has 4 nitrogen and oxygen atoms in total. The number of hydrogen-bond acceptors (Lipinski definition) is 4. The summed E-state index contributed by atoms with van der Waals surface area (Å²) in [7, 11) is 0. The maximum atomic E-state index is 8.89. The summed E-state index contributed by atoms with van der Waals surface area (Å²) in [6, 6.07) is 1.97. The van der Waals surface area contributed by atoms with E-state index in [1.165, 1.54) is 0 Å². The maximum absolute atomic E-state index is 8.89. The first kappa shape index (κ1) is 9.40. The van der Waals surface area contributed by atoms with Gasteiger partial charge in [0.1, 0.15) is 0 Å². The molecule has 0 unspecified atom stereocenters. The predicted molar refractivity (Wildman–Crippen MR) is 54.3 cm³/mol. The predicted octanol–water partition coefficient (Wildman–Crippen LogP) is 0.522. The topological polar surface area (TPSA) is 49.2 Å². The molecule has 0 amide bonds. The molecule has 1 aromatic rings. The van der Waals surface area contributed by atoms with E-state index in [1.807, 2.05) is 19.9 Å². The lowest BCUT2D eigenvalue weighted by Crippen LogP contribution is -2.49. The van der Waals surface area contributed by atoms with E-state index in [0.717, 1.165) is 30.4 Å². The first-order chi connectivity index (χ1) is 6.69. The standard InChI is InChI=1S/C10H15N3O/c1-7-3-8(2)12-10(11-7)13-4-9(5-13)6-14/h3,9,14H,4-6H2,1-2H3. The summed E-state index contributed by atoms with van der Waals surface area (Å²) in [5, 5.41) is 8.89. The maximum Gasteiger partial charge on any atom is 0.225 e. The molecule has 4 heteroatoms. The highest BCUT2D eigenvalue weighted by Crippen LogP contribution is 2.20. The van der Waals surface area contributed by atoms with Gasteiger partial charge in [-0.3, -0.25) is 0 Å². The average molecular weight is 193 g/mol. The van der Waals surface area contributed by atoms with Crippen LogP contribution in [-0.2, 0) is 0 Å². The van der Waals surface area contributed by atoms with E-state index in [1.54, 1.807) is 0 Å². The Kier molecular flexibility index (Phi) is 2.37. The van der Waals surface area contributed by atoms with Crippen molar-refractivity contribution >= 4 is 5.95 Å². The molecule has 1 fully saturated rings. The van der Waals surface area contributed by atoms with Crippen molar-refractivity contribution in [3.8, 4) is 0 Å². The zero-order valence-corrected chi connectivity index (χ0v) is 8.56. The Morgan fingerprint density at radius 1 is 1.36 bits per heavy atom. The van der Waals surface area contributed by atoms with Gasteiger partial charge in [-0.05, 0) is 19.9 Å². The van der Waals surface area contributed by atoms with Crippen LogP contribution in [0.25, 0.3) is 0 Å². The molecule has 2 heterocycles. The lowest BCUT2D eigenvalue weighted by atomic mass is 10.0. The summed E-state index contributed by atoms with van der Waals surface area (Å²) in [6.45, 7) is 5.96. The Bertz CT molecular complexity index is 314. The van der Waals surface area contributed by atoms with Gasteiger partial charge in [0, 0.05) is 37.0 Å². The van der Waals surface area contributed by atoms with Crippen LogP contribution in [0.5, 0.6) is 0 Å². The number of aryl methyl sites for hydroxylation is 2. The van der Waals surface area contributed by atoms with Gasteiger partial charge in [-0.2, -0.15) is 0 Å². The van der Waals surface area contributed by atoms with Crippen molar-refractivity contribution in [1.29, 1.82) is 0 Å². The normalized spacial score (nSPS) is 16.9.